The SMILES string of the molecule is O=C(C1CCCC1)N1CCC(Cc2ccc(COCc3ccncc3)cc2)CC1. The van der Waals surface area contributed by atoms with Gasteiger partial charge in [-0.15, -0.1) is 0 Å². The van der Waals surface area contributed by atoms with Gasteiger partial charge in [-0.25, -0.2) is 0 Å². The van der Waals surface area contributed by atoms with Crippen LogP contribution in [-0.4, -0.2) is 28.9 Å². The van der Waals surface area contributed by atoms with Crippen LogP contribution in [0.25, 0.3) is 0 Å². The topological polar surface area (TPSA) is 42.4 Å². The highest BCUT2D eigenvalue weighted by molar-refractivity contribution is 5.79. The predicted octanol–water partition coefficient (Wildman–Crippen LogP) is 4.77. The van der Waals surface area contributed by atoms with E-state index in [1.54, 1.807) is 12.4 Å². The number of carbonyl (C=O) groups is 1. The second-order valence-corrected chi connectivity index (χ2v) is 8.62. The zero-order valence-corrected chi connectivity index (χ0v) is 17.3. The first-order valence-electron chi connectivity index (χ1n) is 11.1. The average Bonchev–Trinajstić information content (AvgIpc) is 3.31. The fourth-order valence-electron chi connectivity index (χ4n) is 4.66. The van der Waals surface area contributed by atoms with Gasteiger partial charge < -0.3 is 9.64 Å². The van der Waals surface area contributed by atoms with E-state index in [0.717, 1.165) is 50.8 Å². The molecule has 4 rings (SSSR count). The number of piperidine rings is 1. The van der Waals surface area contributed by atoms with Crippen molar-refractivity contribution in [2.24, 2.45) is 11.8 Å². The third-order valence-electron chi connectivity index (χ3n) is 6.46. The molecule has 4 heteroatoms. The molecule has 0 bridgehead atoms. The Morgan fingerprint density at radius 2 is 1.45 bits per heavy atom. The van der Waals surface area contributed by atoms with Crippen molar-refractivity contribution in [3.8, 4) is 0 Å². The molecule has 2 fully saturated rings. The summed E-state index contributed by atoms with van der Waals surface area (Å²) in [5.74, 6) is 1.44. The molecule has 29 heavy (non-hydrogen) atoms. The highest BCUT2D eigenvalue weighted by Crippen LogP contribution is 2.29. The zero-order chi connectivity index (χ0) is 19.9. The average molecular weight is 393 g/mol. The van der Waals surface area contributed by atoms with E-state index in [4.69, 9.17) is 4.74 Å². The molecule has 2 aliphatic rings. The molecule has 1 aromatic carbocycles. The summed E-state index contributed by atoms with van der Waals surface area (Å²) in [6, 6.07) is 12.8. The van der Waals surface area contributed by atoms with Crippen LogP contribution in [-0.2, 0) is 29.2 Å². The number of hydrogen-bond acceptors (Lipinski definition) is 3. The first-order valence-corrected chi connectivity index (χ1v) is 11.1. The first-order chi connectivity index (χ1) is 14.3. The van der Waals surface area contributed by atoms with E-state index in [2.05, 4.69) is 34.1 Å². The van der Waals surface area contributed by atoms with Crippen LogP contribution in [0.15, 0.2) is 48.8 Å². The molecule has 1 aliphatic carbocycles. The van der Waals surface area contributed by atoms with Crippen molar-refractivity contribution in [2.75, 3.05) is 13.1 Å². The number of aromatic nitrogens is 1. The molecular weight excluding hydrogens is 360 g/mol. The van der Waals surface area contributed by atoms with E-state index >= 15 is 0 Å². The number of rotatable bonds is 7. The number of hydrogen-bond donors (Lipinski definition) is 0. The number of nitrogens with zero attached hydrogens (tertiary/aromatic N) is 2. The van der Waals surface area contributed by atoms with Crippen molar-refractivity contribution in [2.45, 2.75) is 58.2 Å². The molecule has 0 unspecified atom stereocenters. The van der Waals surface area contributed by atoms with Crippen LogP contribution >= 0.6 is 0 Å². The van der Waals surface area contributed by atoms with E-state index in [9.17, 15) is 4.79 Å². The Balaban J connectivity index is 1.19. The minimum Gasteiger partial charge on any atom is -0.372 e. The number of likely N-dealkylation sites (tertiary alicyclic amines) is 1. The van der Waals surface area contributed by atoms with Crippen LogP contribution in [0.1, 0.15) is 55.2 Å². The van der Waals surface area contributed by atoms with E-state index in [1.807, 2.05) is 12.1 Å². The quantitative estimate of drug-likeness (QED) is 0.682. The molecular formula is C25H32N2O2. The van der Waals surface area contributed by atoms with E-state index in [-0.39, 0.29) is 0 Å². The van der Waals surface area contributed by atoms with E-state index in [1.165, 1.54) is 24.0 Å². The maximum absolute atomic E-state index is 12.6. The van der Waals surface area contributed by atoms with Crippen molar-refractivity contribution < 1.29 is 9.53 Å². The largest absolute Gasteiger partial charge is 0.372 e. The molecule has 1 aliphatic heterocycles. The zero-order valence-electron chi connectivity index (χ0n) is 17.3. The monoisotopic (exact) mass is 392 g/mol. The fraction of sp³-hybridized carbons (Fsp3) is 0.520. The number of pyridine rings is 1. The molecule has 154 valence electrons. The van der Waals surface area contributed by atoms with Gasteiger partial charge in [0.2, 0.25) is 5.91 Å². The Bertz CT molecular complexity index is 761. The second kappa shape index (κ2) is 10.0. The predicted molar refractivity (Wildman–Crippen MR) is 114 cm³/mol. The van der Waals surface area contributed by atoms with Gasteiger partial charge in [0.1, 0.15) is 0 Å². The Hall–Kier alpha value is -2.20. The van der Waals surface area contributed by atoms with Crippen molar-refractivity contribution in [1.29, 1.82) is 0 Å². The highest BCUT2D eigenvalue weighted by atomic mass is 16.5. The molecule has 0 atom stereocenters. The lowest BCUT2D eigenvalue weighted by atomic mass is 9.89. The van der Waals surface area contributed by atoms with Gasteiger partial charge in [0.15, 0.2) is 0 Å². The van der Waals surface area contributed by atoms with Gasteiger partial charge in [-0.05, 0) is 66.8 Å². The second-order valence-electron chi connectivity index (χ2n) is 8.62. The van der Waals surface area contributed by atoms with Crippen molar-refractivity contribution in [1.82, 2.24) is 9.88 Å². The summed E-state index contributed by atoms with van der Waals surface area (Å²) in [5.41, 5.74) is 3.75. The minimum atomic E-state index is 0.319. The van der Waals surface area contributed by atoms with Crippen molar-refractivity contribution in [3.63, 3.8) is 0 Å². The number of benzene rings is 1. The van der Waals surface area contributed by atoms with Gasteiger partial charge in [0.05, 0.1) is 13.2 Å². The van der Waals surface area contributed by atoms with Crippen LogP contribution in [0.2, 0.25) is 0 Å². The summed E-state index contributed by atoms with van der Waals surface area (Å²) in [7, 11) is 0. The lowest BCUT2D eigenvalue weighted by Crippen LogP contribution is -2.41. The maximum atomic E-state index is 12.6. The van der Waals surface area contributed by atoms with Crippen LogP contribution < -0.4 is 0 Å². The van der Waals surface area contributed by atoms with Gasteiger partial charge >= 0.3 is 0 Å². The summed E-state index contributed by atoms with van der Waals surface area (Å²) >= 11 is 0. The Morgan fingerprint density at radius 1 is 0.862 bits per heavy atom. The molecule has 0 radical (unpaired) electrons. The first kappa shape index (κ1) is 20.1. The van der Waals surface area contributed by atoms with E-state index < -0.39 is 0 Å². The Morgan fingerprint density at radius 3 is 2.10 bits per heavy atom. The molecule has 4 nitrogen and oxygen atoms in total. The molecule has 0 N–H and O–H groups in total. The smallest absolute Gasteiger partial charge is 0.225 e. The van der Waals surface area contributed by atoms with E-state index in [0.29, 0.717) is 31.0 Å². The van der Waals surface area contributed by atoms with Gasteiger partial charge in [-0.1, -0.05) is 37.1 Å². The van der Waals surface area contributed by atoms with Gasteiger partial charge in [0.25, 0.3) is 0 Å². The molecule has 1 saturated heterocycles. The normalized spacial score (nSPS) is 18.3. The van der Waals surface area contributed by atoms with Crippen LogP contribution in [0.4, 0.5) is 0 Å². The van der Waals surface area contributed by atoms with Crippen LogP contribution in [0, 0.1) is 11.8 Å². The lowest BCUT2D eigenvalue weighted by molar-refractivity contribution is -0.136. The third kappa shape index (κ3) is 5.66. The van der Waals surface area contributed by atoms with Crippen molar-refractivity contribution in [3.05, 3.63) is 65.5 Å². The number of ether oxygens (including phenoxy) is 1. The number of carbonyl (C=O) groups excluding carboxylic acids is 1. The van der Waals surface area contributed by atoms with Crippen LogP contribution in [0.3, 0.4) is 0 Å². The fourth-order valence-corrected chi connectivity index (χ4v) is 4.66. The molecule has 1 aromatic heterocycles. The van der Waals surface area contributed by atoms with Crippen LogP contribution in [0.5, 0.6) is 0 Å². The van der Waals surface area contributed by atoms with Gasteiger partial charge in [0, 0.05) is 31.4 Å². The highest BCUT2D eigenvalue weighted by Gasteiger charge is 2.29. The summed E-state index contributed by atoms with van der Waals surface area (Å²) in [6.07, 6.45) is 11.7. The number of amides is 1. The Kier molecular flexibility index (Phi) is 6.94. The standard InChI is InChI=1S/C25H32N2O2/c28-25(24-3-1-2-4-24)27-15-11-21(12-16-27)17-20-5-7-22(8-6-20)18-29-19-23-9-13-26-14-10-23/h5-10,13-14,21,24H,1-4,11-12,15-19H2. The Labute approximate surface area is 174 Å². The van der Waals surface area contributed by atoms with Gasteiger partial charge in [-0.3, -0.25) is 9.78 Å². The summed E-state index contributed by atoms with van der Waals surface area (Å²) < 4.78 is 5.81. The van der Waals surface area contributed by atoms with Gasteiger partial charge in [-0.2, -0.15) is 0 Å². The molecule has 1 amide bonds. The molecule has 2 aromatic rings. The minimum absolute atomic E-state index is 0.319. The summed E-state index contributed by atoms with van der Waals surface area (Å²) in [4.78, 5) is 18.8. The molecule has 2 heterocycles. The lowest BCUT2D eigenvalue weighted by Gasteiger charge is -2.33. The molecule has 0 spiro atoms. The summed E-state index contributed by atoms with van der Waals surface area (Å²) in [6.45, 7) is 3.13. The maximum Gasteiger partial charge on any atom is 0.225 e. The molecule has 1 saturated carbocycles. The third-order valence-corrected chi connectivity index (χ3v) is 6.46. The summed E-state index contributed by atoms with van der Waals surface area (Å²) in [5, 5.41) is 0. The van der Waals surface area contributed by atoms with Crippen molar-refractivity contribution >= 4 is 5.91 Å².